The molecule has 2 aromatic heterocycles. The smallest absolute Gasteiger partial charge is 0.229 e. The van der Waals surface area contributed by atoms with Gasteiger partial charge in [0.15, 0.2) is 0 Å². The number of aliphatic imine (C=N–C) groups is 2. The highest BCUT2D eigenvalue weighted by Gasteiger charge is 2.11. The van der Waals surface area contributed by atoms with Crippen molar-refractivity contribution in [2.24, 2.45) is 9.98 Å². The van der Waals surface area contributed by atoms with Gasteiger partial charge in [-0.1, -0.05) is 97.9 Å². The number of para-hydroxylation sites is 2. The summed E-state index contributed by atoms with van der Waals surface area (Å²) in [4.78, 5) is 26.6. The first-order chi connectivity index (χ1) is 27.6. The molecule has 10 heteroatoms. The molecule has 8 rings (SSSR count). The van der Waals surface area contributed by atoms with Crippen LogP contribution in [0.25, 0.3) is 0 Å². The van der Waals surface area contributed by atoms with Crippen LogP contribution < -0.4 is 21.3 Å². The van der Waals surface area contributed by atoms with E-state index < -0.39 is 0 Å². The molecule has 4 aromatic carbocycles. The van der Waals surface area contributed by atoms with Crippen molar-refractivity contribution in [1.29, 1.82) is 0 Å². The number of aromatic nitrogens is 4. The number of fused-ring (bicyclic) bond motifs is 2. The van der Waals surface area contributed by atoms with E-state index in [0.717, 1.165) is 69.7 Å². The highest BCUT2D eigenvalue weighted by atomic mass is 15.2. The molecular weight excluding hydrogens is 693 g/mol. The Balaban J connectivity index is 0.000000255. The topological polar surface area (TPSA) is 124 Å². The first-order valence-electron chi connectivity index (χ1n) is 19.7. The van der Waals surface area contributed by atoms with Gasteiger partial charge in [0.2, 0.25) is 11.9 Å². The summed E-state index contributed by atoms with van der Waals surface area (Å²) in [6, 6.07) is 32.1. The van der Waals surface area contributed by atoms with E-state index in [1.165, 1.54) is 11.1 Å². The fourth-order valence-electron chi connectivity index (χ4n) is 5.20. The van der Waals surface area contributed by atoms with E-state index in [2.05, 4.69) is 69.4 Å². The molecule has 6 aromatic rings. The lowest BCUT2D eigenvalue weighted by atomic mass is 10.1. The predicted molar refractivity (Wildman–Crippen MR) is 242 cm³/mol. The van der Waals surface area contributed by atoms with Crippen LogP contribution in [0.2, 0.25) is 0 Å². The van der Waals surface area contributed by atoms with Gasteiger partial charge in [0.1, 0.15) is 11.6 Å². The summed E-state index contributed by atoms with van der Waals surface area (Å²) in [6.45, 7) is 20.0. The van der Waals surface area contributed by atoms with Crippen molar-refractivity contribution >= 4 is 70.1 Å². The summed E-state index contributed by atoms with van der Waals surface area (Å²) in [7, 11) is 0. The molecule has 0 saturated carbocycles. The van der Waals surface area contributed by atoms with Crippen LogP contribution in [0.3, 0.4) is 0 Å². The van der Waals surface area contributed by atoms with E-state index >= 15 is 0 Å². The minimum atomic E-state index is 0.563. The summed E-state index contributed by atoms with van der Waals surface area (Å²) in [5.74, 6) is 2.71. The normalized spacial score (nSPS) is 10.8. The zero-order chi connectivity index (χ0) is 40.7. The number of aryl methyl sites for hydroxylation is 2. The Labute approximate surface area is 334 Å². The lowest BCUT2D eigenvalue weighted by Gasteiger charge is -2.12. The second kappa shape index (κ2) is 24.1. The molecule has 2 aliphatic heterocycles. The third-order valence-corrected chi connectivity index (χ3v) is 7.78. The summed E-state index contributed by atoms with van der Waals surface area (Å²) in [6.07, 6.45) is 9.30. The zero-order valence-electron chi connectivity index (χ0n) is 34.6. The molecule has 0 fully saturated rings. The molecular formula is C46H58N10. The summed E-state index contributed by atoms with van der Waals surface area (Å²) >= 11 is 0. The van der Waals surface area contributed by atoms with E-state index in [1.54, 1.807) is 0 Å². The van der Waals surface area contributed by atoms with Crippen molar-refractivity contribution < 1.29 is 0 Å². The molecule has 2 aliphatic rings. The van der Waals surface area contributed by atoms with Gasteiger partial charge in [0.05, 0.1) is 11.4 Å². The zero-order valence-corrected chi connectivity index (χ0v) is 34.6. The molecule has 0 bridgehead atoms. The number of nitrogens with zero attached hydrogens (tertiary/aromatic N) is 6. The van der Waals surface area contributed by atoms with Gasteiger partial charge in [-0.2, -0.15) is 9.97 Å². The Morgan fingerprint density at radius 1 is 0.429 bits per heavy atom. The summed E-state index contributed by atoms with van der Waals surface area (Å²) in [5, 5.41) is 13.2. The Morgan fingerprint density at radius 3 is 1.39 bits per heavy atom. The number of hydrogen-bond donors (Lipinski definition) is 4. The van der Waals surface area contributed by atoms with Gasteiger partial charge < -0.3 is 21.3 Å². The van der Waals surface area contributed by atoms with Crippen molar-refractivity contribution in [3.8, 4) is 0 Å². The lowest BCUT2D eigenvalue weighted by Crippen LogP contribution is -2.02. The van der Waals surface area contributed by atoms with E-state index in [-0.39, 0.29) is 0 Å². The molecule has 0 aliphatic carbocycles. The number of hydrogen-bond acceptors (Lipinski definition) is 10. The van der Waals surface area contributed by atoms with Crippen LogP contribution in [0.5, 0.6) is 0 Å². The largest absolute Gasteiger partial charge is 0.340 e. The highest BCUT2D eigenvalue weighted by molar-refractivity contribution is 5.79. The third kappa shape index (κ3) is 12.9. The molecule has 0 unspecified atom stereocenters. The first-order valence-corrected chi connectivity index (χ1v) is 19.7. The van der Waals surface area contributed by atoms with Gasteiger partial charge in [0.25, 0.3) is 0 Å². The predicted octanol–water partition coefficient (Wildman–Crippen LogP) is 13.2. The summed E-state index contributed by atoms with van der Waals surface area (Å²) < 4.78 is 0. The fraction of sp³-hybridized carbons (Fsp3) is 0.261. The highest BCUT2D eigenvalue weighted by Crippen LogP contribution is 2.31. The molecule has 0 spiro atoms. The summed E-state index contributed by atoms with van der Waals surface area (Å²) in [5.41, 5.74) is 10.4. The number of nitrogens with one attached hydrogen (secondary N) is 4. The molecule has 4 N–H and O–H groups in total. The van der Waals surface area contributed by atoms with Crippen molar-refractivity contribution in [3.05, 3.63) is 132 Å². The third-order valence-electron chi connectivity index (χ3n) is 7.78. The Bertz CT molecular complexity index is 2110. The quantitative estimate of drug-likeness (QED) is 0.121. The van der Waals surface area contributed by atoms with E-state index in [4.69, 9.17) is 0 Å². The maximum Gasteiger partial charge on any atom is 0.229 e. The molecule has 0 radical (unpaired) electrons. The van der Waals surface area contributed by atoms with Gasteiger partial charge in [-0.3, -0.25) is 9.98 Å². The van der Waals surface area contributed by atoms with Crippen LogP contribution in [-0.4, -0.2) is 32.4 Å². The molecule has 10 nitrogen and oxygen atoms in total. The van der Waals surface area contributed by atoms with E-state index in [0.29, 0.717) is 11.9 Å². The van der Waals surface area contributed by atoms with Crippen molar-refractivity contribution in [1.82, 2.24) is 19.9 Å². The van der Waals surface area contributed by atoms with E-state index in [9.17, 15) is 0 Å². The lowest BCUT2D eigenvalue weighted by molar-refractivity contribution is 1.13. The number of rotatable bonds is 8. The van der Waals surface area contributed by atoms with Gasteiger partial charge in [0, 0.05) is 71.5 Å². The number of anilines is 8. The minimum absolute atomic E-state index is 0.563. The van der Waals surface area contributed by atoms with Gasteiger partial charge >= 0.3 is 0 Å². The average Bonchev–Trinajstić information content (AvgIpc) is 3.94. The Kier molecular flexibility index (Phi) is 18.9. The van der Waals surface area contributed by atoms with Gasteiger partial charge in [-0.25, -0.2) is 9.97 Å². The van der Waals surface area contributed by atoms with Crippen LogP contribution in [0.1, 0.15) is 77.6 Å². The van der Waals surface area contributed by atoms with Crippen LogP contribution in [0, 0.1) is 13.8 Å². The molecule has 0 atom stereocenters. The maximum atomic E-state index is 4.59. The average molecular weight is 751 g/mol. The maximum absolute atomic E-state index is 4.59. The van der Waals surface area contributed by atoms with Crippen LogP contribution in [0.4, 0.5) is 57.7 Å². The van der Waals surface area contributed by atoms with Crippen LogP contribution >= 0.6 is 0 Å². The first kappa shape index (κ1) is 44.0. The monoisotopic (exact) mass is 750 g/mol. The van der Waals surface area contributed by atoms with E-state index in [1.807, 2.05) is 173 Å². The minimum Gasteiger partial charge on any atom is -0.340 e. The van der Waals surface area contributed by atoms with Crippen LogP contribution in [0.15, 0.2) is 119 Å². The number of benzene rings is 4. The SMILES string of the molecule is CC.CC.CC.CC.Cc1cnc(Nc2ccccc2)nc1Nc1ccc2c(c1)CC=N2.Cc1cnc(Nc2ccccc2)nc1Nc1ccc2c(c1)N=CC2. The van der Waals surface area contributed by atoms with Gasteiger partial charge in [-0.15, -0.1) is 0 Å². The molecule has 56 heavy (non-hydrogen) atoms. The molecule has 4 heterocycles. The molecule has 292 valence electrons. The second-order valence-corrected chi connectivity index (χ2v) is 11.4. The Morgan fingerprint density at radius 2 is 0.875 bits per heavy atom. The standard InChI is InChI=1S/2C19H17N5.4C2H6/c1-13-12-21-19(23-15-5-3-2-4-6-15)24-18(13)22-16-7-8-17-14(11-16)9-10-20-17;1-13-12-21-19(23-15-5-3-2-4-6-15)24-18(13)22-16-8-7-14-9-10-20-17(14)11-16;4*1-2/h2*2-8,10-12H,9H2,1H3,(H2,21,22,23,24);4*1-2H3. The Hall–Kier alpha value is -6.42. The second-order valence-electron chi connectivity index (χ2n) is 11.4. The van der Waals surface area contributed by atoms with Crippen molar-refractivity contribution in [3.63, 3.8) is 0 Å². The molecule has 0 amide bonds. The van der Waals surface area contributed by atoms with Gasteiger partial charge in [-0.05, 0) is 79.6 Å². The molecule has 0 saturated heterocycles. The van der Waals surface area contributed by atoms with Crippen LogP contribution in [-0.2, 0) is 12.8 Å². The van der Waals surface area contributed by atoms with Crippen molar-refractivity contribution in [2.75, 3.05) is 21.3 Å². The fourth-order valence-corrected chi connectivity index (χ4v) is 5.20. The van der Waals surface area contributed by atoms with Crippen molar-refractivity contribution in [2.45, 2.75) is 82.1 Å².